The second-order valence-corrected chi connectivity index (χ2v) is 7.96. The number of fused-ring (bicyclic) bond motifs is 3. The van der Waals surface area contributed by atoms with Gasteiger partial charge in [0.2, 0.25) is 0 Å². The molecule has 31 heavy (non-hydrogen) atoms. The van der Waals surface area contributed by atoms with Crippen LogP contribution < -0.4 is 5.32 Å². The lowest BCUT2D eigenvalue weighted by Gasteiger charge is -2.18. The van der Waals surface area contributed by atoms with E-state index in [0.29, 0.717) is 10.6 Å². The molecule has 0 bridgehead atoms. The highest BCUT2D eigenvalue weighted by molar-refractivity contribution is 6.32. The molecule has 8 heteroatoms. The van der Waals surface area contributed by atoms with Crippen LogP contribution in [0.15, 0.2) is 60.8 Å². The van der Waals surface area contributed by atoms with Gasteiger partial charge in [-0.25, -0.2) is 14.6 Å². The molecule has 2 aromatic carbocycles. The van der Waals surface area contributed by atoms with E-state index in [4.69, 9.17) is 27.9 Å². The summed E-state index contributed by atoms with van der Waals surface area (Å²) in [5, 5.41) is 12.4. The van der Waals surface area contributed by atoms with Crippen LogP contribution >= 0.6 is 23.2 Å². The van der Waals surface area contributed by atoms with Crippen LogP contribution in [0, 0.1) is 0 Å². The number of hydrogen-bond donors (Lipinski definition) is 2. The third kappa shape index (κ3) is 4.50. The molecule has 158 valence electrons. The quantitative estimate of drug-likeness (QED) is 0.513. The van der Waals surface area contributed by atoms with E-state index in [1.54, 1.807) is 0 Å². The van der Waals surface area contributed by atoms with Gasteiger partial charge in [0, 0.05) is 18.5 Å². The number of benzene rings is 2. The number of aromatic nitrogens is 1. The second kappa shape index (κ2) is 8.96. The van der Waals surface area contributed by atoms with Crippen LogP contribution in [0.1, 0.15) is 22.6 Å². The number of carbonyl (C=O) groups is 2. The van der Waals surface area contributed by atoms with Crippen molar-refractivity contribution in [2.75, 3.05) is 6.61 Å². The zero-order chi connectivity index (χ0) is 22.0. The number of pyridine rings is 1. The third-order valence-electron chi connectivity index (χ3n) is 5.24. The van der Waals surface area contributed by atoms with E-state index in [2.05, 4.69) is 10.3 Å². The molecule has 0 saturated carbocycles. The minimum absolute atomic E-state index is 0.0775. The number of amides is 1. The molecule has 6 nitrogen and oxygen atoms in total. The summed E-state index contributed by atoms with van der Waals surface area (Å²) in [6.45, 7) is 0.0890. The Kier molecular flexibility index (Phi) is 6.11. The van der Waals surface area contributed by atoms with Crippen molar-refractivity contribution in [2.24, 2.45) is 0 Å². The Morgan fingerprint density at radius 2 is 1.68 bits per heavy atom. The van der Waals surface area contributed by atoms with Gasteiger partial charge in [-0.3, -0.25) is 0 Å². The van der Waals surface area contributed by atoms with Crippen LogP contribution in [0.2, 0.25) is 10.2 Å². The normalized spacial score (nSPS) is 13.2. The van der Waals surface area contributed by atoms with Gasteiger partial charge >= 0.3 is 12.1 Å². The third-order valence-corrected chi connectivity index (χ3v) is 5.78. The van der Waals surface area contributed by atoms with Gasteiger partial charge in [0.1, 0.15) is 17.8 Å². The summed E-state index contributed by atoms with van der Waals surface area (Å²) in [6.07, 6.45) is 0.467. The fourth-order valence-electron chi connectivity index (χ4n) is 3.81. The smallest absolute Gasteiger partial charge is 0.407 e. The zero-order valence-electron chi connectivity index (χ0n) is 16.2. The number of alkyl carbamates (subject to hydrolysis) is 1. The molecule has 1 aliphatic carbocycles. The van der Waals surface area contributed by atoms with Gasteiger partial charge in [-0.05, 0) is 33.9 Å². The molecule has 0 spiro atoms. The van der Waals surface area contributed by atoms with Crippen LogP contribution in [-0.2, 0) is 16.0 Å². The fraction of sp³-hybridized carbons (Fsp3) is 0.174. The molecule has 1 unspecified atom stereocenters. The maximum Gasteiger partial charge on any atom is 0.407 e. The zero-order valence-corrected chi connectivity index (χ0v) is 17.7. The van der Waals surface area contributed by atoms with Crippen LogP contribution in [0.3, 0.4) is 0 Å². The number of carboxylic acids is 1. The molecule has 0 fully saturated rings. The summed E-state index contributed by atoms with van der Waals surface area (Å²) in [6, 6.07) is 16.2. The molecule has 1 aromatic heterocycles. The maximum absolute atomic E-state index is 12.4. The van der Waals surface area contributed by atoms with Gasteiger partial charge in [-0.2, -0.15) is 0 Å². The summed E-state index contributed by atoms with van der Waals surface area (Å²) in [4.78, 5) is 28.0. The highest BCUT2D eigenvalue weighted by Crippen LogP contribution is 2.44. The summed E-state index contributed by atoms with van der Waals surface area (Å²) < 4.78 is 5.42. The van der Waals surface area contributed by atoms with Gasteiger partial charge in [-0.1, -0.05) is 71.7 Å². The Hall–Kier alpha value is -3.09. The minimum Gasteiger partial charge on any atom is -0.480 e. The van der Waals surface area contributed by atoms with E-state index in [9.17, 15) is 14.7 Å². The molecule has 1 heterocycles. The predicted octanol–water partition coefficient (Wildman–Crippen LogP) is 4.92. The minimum atomic E-state index is -1.24. The largest absolute Gasteiger partial charge is 0.480 e. The first kappa shape index (κ1) is 21.2. The monoisotopic (exact) mass is 456 g/mol. The Morgan fingerprint density at radius 1 is 1.06 bits per heavy atom. The molecule has 1 aliphatic rings. The van der Waals surface area contributed by atoms with Crippen molar-refractivity contribution < 1.29 is 19.4 Å². The van der Waals surface area contributed by atoms with Crippen molar-refractivity contribution in [1.29, 1.82) is 0 Å². The molecule has 1 amide bonds. The highest BCUT2D eigenvalue weighted by atomic mass is 35.5. The van der Waals surface area contributed by atoms with Gasteiger partial charge in [0.25, 0.3) is 0 Å². The molecule has 2 N–H and O–H groups in total. The number of rotatable bonds is 6. The van der Waals surface area contributed by atoms with E-state index in [1.807, 2.05) is 48.5 Å². The lowest BCUT2D eigenvalue weighted by molar-refractivity contribution is -0.139. The Morgan fingerprint density at radius 3 is 2.29 bits per heavy atom. The fourth-order valence-corrected chi connectivity index (χ4v) is 4.17. The number of ether oxygens (including phenoxy) is 1. The van der Waals surface area contributed by atoms with Crippen LogP contribution in [0.25, 0.3) is 11.1 Å². The number of aliphatic carboxylic acids is 1. The van der Waals surface area contributed by atoms with Crippen molar-refractivity contribution in [3.05, 3.63) is 87.7 Å². The second-order valence-electron chi connectivity index (χ2n) is 7.17. The van der Waals surface area contributed by atoms with Gasteiger partial charge in [0.05, 0.1) is 5.02 Å². The lowest BCUT2D eigenvalue weighted by Crippen LogP contribution is -2.43. The summed E-state index contributed by atoms with van der Waals surface area (Å²) in [5.41, 5.74) is 4.78. The van der Waals surface area contributed by atoms with Crippen molar-refractivity contribution in [1.82, 2.24) is 10.3 Å². The van der Waals surface area contributed by atoms with E-state index in [-0.39, 0.29) is 24.1 Å². The summed E-state index contributed by atoms with van der Waals surface area (Å²) in [5.74, 6) is -1.34. The van der Waals surface area contributed by atoms with Gasteiger partial charge in [-0.15, -0.1) is 0 Å². The van der Waals surface area contributed by atoms with Crippen LogP contribution in [-0.4, -0.2) is 34.8 Å². The molecular formula is C23H18Cl2N2O4. The molecule has 0 saturated heterocycles. The molecule has 1 atom stereocenters. The summed E-state index contributed by atoms with van der Waals surface area (Å²) >= 11 is 11.9. The molecule has 4 rings (SSSR count). The predicted molar refractivity (Wildman–Crippen MR) is 118 cm³/mol. The van der Waals surface area contributed by atoms with E-state index >= 15 is 0 Å². The Labute approximate surface area is 188 Å². The number of hydrogen-bond acceptors (Lipinski definition) is 4. The topological polar surface area (TPSA) is 88.5 Å². The van der Waals surface area contributed by atoms with E-state index in [0.717, 1.165) is 22.3 Å². The average Bonchev–Trinajstić information content (AvgIpc) is 3.08. The van der Waals surface area contributed by atoms with Crippen molar-refractivity contribution in [2.45, 2.75) is 18.4 Å². The first-order chi connectivity index (χ1) is 14.9. The first-order valence-electron chi connectivity index (χ1n) is 9.58. The first-order valence-corrected chi connectivity index (χ1v) is 10.3. The molecule has 0 radical (unpaired) electrons. The Bertz CT molecular complexity index is 1110. The van der Waals surface area contributed by atoms with Crippen LogP contribution in [0.5, 0.6) is 0 Å². The molecule has 0 aliphatic heterocycles. The molecule has 3 aromatic rings. The number of carboxylic acid groups (broad SMARTS) is 1. The standard InChI is InChI=1S/C23H18Cl2N2O4/c24-14-9-13(21(25)26-11-14)10-20(22(28)29)27-23(30)31-12-19-17-7-3-1-5-15(17)16-6-2-4-8-18(16)19/h1-9,11,19-20H,10,12H2,(H,27,30)(H,28,29). The SMILES string of the molecule is O=C(NC(Cc1cc(Cl)cnc1Cl)C(=O)O)OCC1c2ccccc2-c2ccccc21. The van der Waals surface area contributed by atoms with Gasteiger partial charge < -0.3 is 15.2 Å². The highest BCUT2D eigenvalue weighted by Gasteiger charge is 2.30. The average molecular weight is 457 g/mol. The van der Waals surface area contributed by atoms with Crippen molar-refractivity contribution in [3.8, 4) is 11.1 Å². The van der Waals surface area contributed by atoms with Crippen molar-refractivity contribution >= 4 is 35.3 Å². The lowest BCUT2D eigenvalue weighted by atomic mass is 9.98. The Balaban J connectivity index is 1.45. The van der Waals surface area contributed by atoms with Crippen LogP contribution in [0.4, 0.5) is 4.79 Å². The number of halogens is 2. The van der Waals surface area contributed by atoms with E-state index in [1.165, 1.54) is 12.3 Å². The van der Waals surface area contributed by atoms with E-state index < -0.39 is 18.1 Å². The van der Waals surface area contributed by atoms with Gasteiger partial charge in [0.15, 0.2) is 0 Å². The van der Waals surface area contributed by atoms with Crippen molar-refractivity contribution in [3.63, 3.8) is 0 Å². The summed E-state index contributed by atoms with van der Waals surface area (Å²) in [7, 11) is 0. The number of nitrogens with zero attached hydrogens (tertiary/aromatic N) is 1. The molecular weight excluding hydrogens is 439 g/mol. The number of nitrogens with one attached hydrogen (secondary N) is 1. The number of carbonyl (C=O) groups excluding carboxylic acids is 1. The maximum atomic E-state index is 12.4.